The fourth-order valence-corrected chi connectivity index (χ4v) is 1.46. The van der Waals surface area contributed by atoms with Crippen LogP contribution in [0.3, 0.4) is 0 Å². The molecule has 0 saturated heterocycles. The first-order valence-corrected chi connectivity index (χ1v) is 5.29. The molecule has 0 aliphatic rings. The molecule has 0 bridgehead atoms. The molecule has 0 fully saturated rings. The van der Waals surface area contributed by atoms with Crippen molar-refractivity contribution in [3.05, 3.63) is 29.8 Å². The molecule has 3 nitrogen and oxygen atoms in total. The maximum Gasteiger partial charge on any atom is 0.0679 e. The second-order valence-electron chi connectivity index (χ2n) is 3.94. The van der Waals surface area contributed by atoms with Gasteiger partial charge in [-0.2, -0.15) is 0 Å². The molecule has 0 amide bonds. The average Bonchev–Trinajstić information content (AvgIpc) is 2.25. The fraction of sp³-hybridized carbons (Fsp3) is 0.500. The highest BCUT2D eigenvalue weighted by Gasteiger charge is 2.04. The molecule has 0 aliphatic heterocycles. The molecular weight excluding hydrogens is 188 g/mol. The Labute approximate surface area is 91.5 Å². The quantitative estimate of drug-likeness (QED) is 0.763. The van der Waals surface area contributed by atoms with Crippen molar-refractivity contribution < 1.29 is 5.11 Å². The molecule has 1 aromatic carbocycles. The van der Waals surface area contributed by atoms with Crippen molar-refractivity contribution in [1.29, 1.82) is 0 Å². The second-order valence-corrected chi connectivity index (χ2v) is 3.94. The normalized spacial score (nSPS) is 12.5. The zero-order valence-corrected chi connectivity index (χ0v) is 9.48. The Bertz CT molecular complexity index is 301. The van der Waals surface area contributed by atoms with E-state index >= 15 is 0 Å². The first kappa shape index (κ1) is 12.0. The summed E-state index contributed by atoms with van der Waals surface area (Å²) in [7, 11) is 2.03. The van der Waals surface area contributed by atoms with Crippen molar-refractivity contribution in [2.75, 3.05) is 25.0 Å². The number of nitrogens with two attached hydrogens (primary N) is 1. The van der Waals surface area contributed by atoms with E-state index in [2.05, 4.69) is 30.0 Å². The Kier molecular flexibility index (Phi) is 4.59. The van der Waals surface area contributed by atoms with Crippen LogP contribution in [0.5, 0.6) is 0 Å². The molecule has 15 heavy (non-hydrogen) atoms. The van der Waals surface area contributed by atoms with Crippen molar-refractivity contribution in [2.45, 2.75) is 19.4 Å². The van der Waals surface area contributed by atoms with E-state index in [4.69, 9.17) is 5.73 Å². The summed E-state index contributed by atoms with van der Waals surface area (Å²) in [6.45, 7) is 3.23. The van der Waals surface area contributed by atoms with Gasteiger partial charge in [0.15, 0.2) is 0 Å². The zero-order valence-electron chi connectivity index (χ0n) is 9.48. The third-order valence-corrected chi connectivity index (χ3v) is 2.51. The number of aryl methyl sites for hydroxylation is 1. The minimum Gasteiger partial charge on any atom is -0.392 e. The first-order valence-electron chi connectivity index (χ1n) is 5.29. The summed E-state index contributed by atoms with van der Waals surface area (Å²) >= 11 is 0. The molecule has 0 radical (unpaired) electrons. The first-order chi connectivity index (χ1) is 7.13. The second kappa shape index (κ2) is 5.73. The van der Waals surface area contributed by atoms with Gasteiger partial charge in [-0.15, -0.1) is 0 Å². The third-order valence-electron chi connectivity index (χ3n) is 2.51. The summed E-state index contributed by atoms with van der Waals surface area (Å²) in [6, 6.07) is 8.32. The summed E-state index contributed by atoms with van der Waals surface area (Å²) < 4.78 is 0. The number of benzene rings is 1. The molecule has 84 valence electrons. The third kappa shape index (κ3) is 3.90. The molecule has 1 unspecified atom stereocenters. The van der Waals surface area contributed by atoms with E-state index in [1.807, 2.05) is 13.1 Å². The lowest BCUT2D eigenvalue weighted by molar-refractivity contribution is 0.175. The standard InChI is InChI=1S/C12H20N2O/c1-10-4-3-5-11(8-10)14(2)7-6-12(15)9-13/h3-5,8,12,15H,6-7,9,13H2,1-2H3. The summed E-state index contributed by atoms with van der Waals surface area (Å²) in [6.07, 6.45) is 0.318. The van der Waals surface area contributed by atoms with Crippen LogP contribution in [0.2, 0.25) is 0 Å². The van der Waals surface area contributed by atoms with Crippen LogP contribution in [-0.4, -0.2) is 31.3 Å². The molecule has 0 aliphatic carbocycles. The van der Waals surface area contributed by atoms with Gasteiger partial charge in [0.05, 0.1) is 6.10 Å². The molecule has 1 aromatic rings. The molecule has 3 heteroatoms. The number of aliphatic hydroxyl groups is 1. The summed E-state index contributed by atoms with van der Waals surface area (Å²) in [5.41, 5.74) is 7.78. The monoisotopic (exact) mass is 208 g/mol. The number of aliphatic hydroxyl groups excluding tert-OH is 1. The Balaban J connectivity index is 2.50. The molecule has 1 rings (SSSR count). The molecule has 1 atom stereocenters. The molecule has 0 spiro atoms. The lowest BCUT2D eigenvalue weighted by Crippen LogP contribution is -2.27. The minimum atomic E-state index is -0.391. The molecular formula is C12H20N2O. The molecule has 3 N–H and O–H groups in total. The van der Waals surface area contributed by atoms with Gasteiger partial charge in [-0.25, -0.2) is 0 Å². The van der Waals surface area contributed by atoms with E-state index < -0.39 is 6.10 Å². The van der Waals surface area contributed by atoms with Gasteiger partial charge >= 0.3 is 0 Å². The Hall–Kier alpha value is -1.06. The van der Waals surface area contributed by atoms with E-state index in [9.17, 15) is 5.11 Å². The van der Waals surface area contributed by atoms with Crippen molar-refractivity contribution in [1.82, 2.24) is 0 Å². The van der Waals surface area contributed by atoms with Gasteiger partial charge in [-0.3, -0.25) is 0 Å². The topological polar surface area (TPSA) is 49.5 Å². The van der Waals surface area contributed by atoms with E-state index in [1.165, 1.54) is 11.3 Å². The largest absolute Gasteiger partial charge is 0.392 e. The summed E-state index contributed by atoms with van der Waals surface area (Å²) in [5, 5.41) is 9.36. The predicted octanol–water partition coefficient (Wildman–Crippen LogP) is 1.14. The number of hydrogen-bond donors (Lipinski definition) is 2. The van der Waals surface area contributed by atoms with Crippen molar-refractivity contribution in [3.63, 3.8) is 0 Å². The van der Waals surface area contributed by atoms with Crippen LogP contribution in [0.25, 0.3) is 0 Å². The van der Waals surface area contributed by atoms with Gasteiger partial charge in [-0.05, 0) is 31.0 Å². The van der Waals surface area contributed by atoms with Crippen molar-refractivity contribution in [2.24, 2.45) is 5.73 Å². The Morgan fingerprint density at radius 1 is 1.47 bits per heavy atom. The van der Waals surface area contributed by atoms with Gasteiger partial charge < -0.3 is 15.7 Å². The van der Waals surface area contributed by atoms with E-state index in [0.717, 1.165) is 6.54 Å². The summed E-state index contributed by atoms with van der Waals surface area (Å²) in [4.78, 5) is 2.13. The van der Waals surface area contributed by atoms with Crippen LogP contribution in [0.1, 0.15) is 12.0 Å². The Morgan fingerprint density at radius 2 is 2.20 bits per heavy atom. The van der Waals surface area contributed by atoms with Crippen LogP contribution in [0, 0.1) is 6.92 Å². The van der Waals surface area contributed by atoms with Crippen LogP contribution < -0.4 is 10.6 Å². The van der Waals surface area contributed by atoms with E-state index in [-0.39, 0.29) is 0 Å². The highest BCUT2D eigenvalue weighted by Crippen LogP contribution is 2.14. The van der Waals surface area contributed by atoms with Gasteiger partial charge in [0.25, 0.3) is 0 Å². The number of anilines is 1. The maximum atomic E-state index is 9.36. The summed E-state index contributed by atoms with van der Waals surface area (Å²) in [5.74, 6) is 0. The van der Waals surface area contributed by atoms with E-state index in [1.54, 1.807) is 0 Å². The lowest BCUT2D eigenvalue weighted by Gasteiger charge is -2.21. The van der Waals surface area contributed by atoms with Crippen molar-refractivity contribution in [3.8, 4) is 0 Å². The molecule has 0 heterocycles. The Morgan fingerprint density at radius 3 is 2.80 bits per heavy atom. The minimum absolute atomic E-state index is 0.335. The highest BCUT2D eigenvalue weighted by atomic mass is 16.3. The molecule has 0 aromatic heterocycles. The van der Waals surface area contributed by atoms with Crippen molar-refractivity contribution >= 4 is 5.69 Å². The van der Waals surface area contributed by atoms with Gasteiger partial charge in [0, 0.05) is 25.8 Å². The maximum absolute atomic E-state index is 9.36. The lowest BCUT2D eigenvalue weighted by atomic mass is 10.2. The number of nitrogens with zero attached hydrogens (tertiary/aromatic N) is 1. The van der Waals surface area contributed by atoms with Gasteiger partial charge in [0.2, 0.25) is 0 Å². The SMILES string of the molecule is Cc1cccc(N(C)CCC(O)CN)c1. The number of hydrogen-bond acceptors (Lipinski definition) is 3. The van der Waals surface area contributed by atoms with Crippen LogP contribution in [0.4, 0.5) is 5.69 Å². The average molecular weight is 208 g/mol. The zero-order chi connectivity index (χ0) is 11.3. The predicted molar refractivity (Wildman–Crippen MR) is 64.1 cm³/mol. The number of rotatable bonds is 5. The molecule has 0 saturated carbocycles. The van der Waals surface area contributed by atoms with Gasteiger partial charge in [0.1, 0.15) is 0 Å². The van der Waals surface area contributed by atoms with Crippen LogP contribution in [0.15, 0.2) is 24.3 Å². The highest BCUT2D eigenvalue weighted by molar-refractivity contribution is 5.47. The van der Waals surface area contributed by atoms with Crippen LogP contribution in [-0.2, 0) is 0 Å². The fourth-order valence-electron chi connectivity index (χ4n) is 1.46. The van der Waals surface area contributed by atoms with Gasteiger partial charge in [-0.1, -0.05) is 12.1 Å². The smallest absolute Gasteiger partial charge is 0.0679 e. The van der Waals surface area contributed by atoms with E-state index in [0.29, 0.717) is 13.0 Å². The van der Waals surface area contributed by atoms with Crippen LogP contribution >= 0.6 is 0 Å².